The maximum atomic E-state index is 10.1. The second-order valence-electron chi connectivity index (χ2n) is 6.53. The van der Waals surface area contributed by atoms with Gasteiger partial charge in [-0.05, 0) is 45.4 Å². The van der Waals surface area contributed by atoms with Gasteiger partial charge in [0.1, 0.15) is 0 Å². The summed E-state index contributed by atoms with van der Waals surface area (Å²) in [5, 5.41) is 10.1. The van der Waals surface area contributed by atoms with Crippen LogP contribution >= 0.6 is 15.9 Å². The number of halogens is 1. The van der Waals surface area contributed by atoms with Crippen molar-refractivity contribution < 1.29 is 5.11 Å². The van der Waals surface area contributed by atoms with Crippen molar-refractivity contribution >= 4 is 21.6 Å². The quantitative estimate of drug-likeness (QED) is 0.881. The first-order valence-corrected chi connectivity index (χ1v) is 8.84. The lowest BCUT2D eigenvalue weighted by molar-refractivity contribution is 0.115. The summed E-state index contributed by atoms with van der Waals surface area (Å²) in [6.45, 7) is 7.63. The highest BCUT2D eigenvalue weighted by Gasteiger charge is 2.34. The molecule has 0 spiro atoms. The molecule has 116 valence electrons. The molecule has 0 amide bonds. The Morgan fingerprint density at radius 2 is 2.10 bits per heavy atom. The Kier molecular flexibility index (Phi) is 4.57. The minimum Gasteiger partial charge on any atom is -0.389 e. The van der Waals surface area contributed by atoms with Gasteiger partial charge in [0.15, 0.2) is 0 Å². The predicted octanol–water partition coefficient (Wildman–Crippen LogP) is 3.57. The Morgan fingerprint density at radius 3 is 2.86 bits per heavy atom. The number of piperidine rings is 1. The average molecular weight is 353 g/mol. The van der Waals surface area contributed by atoms with Crippen LogP contribution in [-0.4, -0.2) is 41.7 Å². The Balaban J connectivity index is 1.90. The van der Waals surface area contributed by atoms with Gasteiger partial charge in [0.05, 0.1) is 6.10 Å². The molecule has 3 atom stereocenters. The lowest BCUT2D eigenvalue weighted by Gasteiger charge is -2.49. The molecule has 2 aliphatic rings. The summed E-state index contributed by atoms with van der Waals surface area (Å²) >= 11 is 3.58. The molecule has 1 aromatic rings. The second kappa shape index (κ2) is 6.27. The number of rotatable bonds is 2. The van der Waals surface area contributed by atoms with Crippen molar-refractivity contribution in [3.63, 3.8) is 0 Å². The molecule has 3 unspecified atom stereocenters. The van der Waals surface area contributed by atoms with E-state index >= 15 is 0 Å². The van der Waals surface area contributed by atoms with Crippen LogP contribution < -0.4 is 4.90 Å². The minimum absolute atomic E-state index is 0.426. The molecule has 3 nitrogen and oxygen atoms in total. The first kappa shape index (κ1) is 15.3. The number of piperazine rings is 1. The van der Waals surface area contributed by atoms with E-state index in [1.54, 1.807) is 0 Å². The van der Waals surface area contributed by atoms with Gasteiger partial charge >= 0.3 is 0 Å². The van der Waals surface area contributed by atoms with Crippen molar-refractivity contribution in [2.75, 3.05) is 24.5 Å². The second-order valence-corrected chi connectivity index (χ2v) is 7.44. The van der Waals surface area contributed by atoms with Gasteiger partial charge in [0, 0.05) is 40.9 Å². The molecule has 21 heavy (non-hydrogen) atoms. The van der Waals surface area contributed by atoms with E-state index in [0.717, 1.165) is 23.1 Å². The highest BCUT2D eigenvalue weighted by molar-refractivity contribution is 9.10. The fourth-order valence-electron chi connectivity index (χ4n) is 3.81. The largest absolute Gasteiger partial charge is 0.389 e. The lowest BCUT2D eigenvalue weighted by Crippen LogP contribution is -2.59. The van der Waals surface area contributed by atoms with E-state index in [1.165, 1.54) is 31.5 Å². The third-order valence-electron chi connectivity index (χ3n) is 4.94. The van der Waals surface area contributed by atoms with Gasteiger partial charge in [-0.2, -0.15) is 0 Å². The molecule has 0 aromatic heterocycles. The molecule has 2 aliphatic heterocycles. The third-order valence-corrected chi connectivity index (χ3v) is 5.43. The van der Waals surface area contributed by atoms with Gasteiger partial charge in [0.2, 0.25) is 0 Å². The first-order chi connectivity index (χ1) is 10.1. The summed E-state index contributed by atoms with van der Waals surface area (Å²) in [7, 11) is 0. The summed E-state index contributed by atoms with van der Waals surface area (Å²) in [5.41, 5.74) is 2.23. The molecule has 1 N–H and O–H groups in total. The van der Waals surface area contributed by atoms with E-state index in [4.69, 9.17) is 0 Å². The molecule has 2 saturated heterocycles. The number of benzene rings is 1. The topological polar surface area (TPSA) is 26.7 Å². The van der Waals surface area contributed by atoms with Crippen molar-refractivity contribution in [3.8, 4) is 0 Å². The molecule has 2 fully saturated rings. The van der Waals surface area contributed by atoms with E-state index in [2.05, 4.69) is 38.7 Å². The van der Waals surface area contributed by atoms with Crippen LogP contribution in [0.5, 0.6) is 0 Å². The molecular formula is C17H25BrN2O. The third kappa shape index (κ3) is 3.13. The highest BCUT2D eigenvalue weighted by Crippen LogP contribution is 2.34. The monoisotopic (exact) mass is 352 g/mol. The van der Waals surface area contributed by atoms with Crippen molar-refractivity contribution in [2.45, 2.75) is 51.3 Å². The van der Waals surface area contributed by atoms with E-state index in [9.17, 15) is 5.11 Å². The molecule has 2 heterocycles. The van der Waals surface area contributed by atoms with Crippen molar-refractivity contribution in [1.82, 2.24) is 4.90 Å². The van der Waals surface area contributed by atoms with Crippen molar-refractivity contribution in [2.24, 2.45) is 0 Å². The van der Waals surface area contributed by atoms with Gasteiger partial charge in [-0.3, -0.25) is 4.90 Å². The number of aliphatic hydroxyl groups excluding tert-OH is 1. The Labute approximate surface area is 136 Å². The summed E-state index contributed by atoms with van der Waals surface area (Å²) in [6.07, 6.45) is 3.58. The number of hydrogen-bond donors (Lipinski definition) is 1. The van der Waals surface area contributed by atoms with E-state index in [-0.39, 0.29) is 0 Å². The van der Waals surface area contributed by atoms with Gasteiger partial charge in [-0.1, -0.05) is 28.4 Å². The normalized spacial score (nSPS) is 28.3. The maximum absolute atomic E-state index is 10.1. The van der Waals surface area contributed by atoms with Gasteiger partial charge in [-0.15, -0.1) is 0 Å². The van der Waals surface area contributed by atoms with E-state index < -0.39 is 6.10 Å². The van der Waals surface area contributed by atoms with Crippen LogP contribution in [0.15, 0.2) is 22.7 Å². The number of fused-ring (bicyclic) bond motifs is 1. The summed E-state index contributed by atoms with van der Waals surface area (Å²) in [5.74, 6) is 0. The highest BCUT2D eigenvalue weighted by atomic mass is 79.9. The summed E-state index contributed by atoms with van der Waals surface area (Å²) < 4.78 is 1.08. The Hall–Kier alpha value is -0.580. The van der Waals surface area contributed by atoms with Gasteiger partial charge in [0.25, 0.3) is 0 Å². The first-order valence-electron chi connectivity index (χ1n) is 8.04. The zero-order chi connectivity index (χ0) is 15.0. The van der Waals surface area contributed by atoms with Crippen LogP contribution in [-0.2, 0) is 0 Å². The van der Waals surface area contributed by atoms with Crippen LogP contribution in [0.2, 0.25) is 0 Å². The fraction of sp³-hybridized carbons (Fsp3) is 0.647. The average Bonchev–Trinajstić information content (AvgIpc) is 2.46. The van der Waals surface area contributed by atoms with E-state index in [0.29, 0.717) is 12.1 Å². The van der Waals surface area contributed by atoms with Crippen LogP contribution in [0.3, 0.4) is 0 Å². The number of anilines is 1. The molecule has 0 saturated carbocycles. The summed E-state index contributed by atoms with van der Waals surface area (Å²) in [4.78, 5) is 5.16. The lowest BCUT2D eigenvalue weighted by atomic mass is 9.95. The Bertz CT molecular complexity index is 506. The molecular weight excluding hydrogens is 328 g/mol. The minimum atomic E-state index is -0.426. The standard InChI is InChI=1S/C17H25BrN2O/c1-12-10-19-8-4-3-5-15(19)11-20(12)17-9-14(18)6-7-16(17)13(2)21/h6-7,9,12-13,15,21H,3-5,8,10-11H2,1-2H3. The Morgan fingerprint density at radius 1 is 1.29 bits per heavy atom. The zero-order valence-electron chi connectivity index (χ0n) is 12.9. The van der Waals surface area contributed by atoms with Crippen LogP contribution in [0, 0.1) is 0 Å². The van der Waals surface area contributed by atoms with Crippen LogP contribution in [0.25, 0.3) is 0 Å². The van der Waals surface area contributed by atoms with Crippen molar-refractivity contribution in [1.29, 1.82) is 0 Å². The maximum Gasteiger partial charge on any atom is 0.0782 e. The SMILES string of the molecule is CC(O)c1ccc(Br)cc1N1CC2CCCCN2CC1C. The van der Waals surface area contributed by atoms with Crippen molar-refractivity contribution in [3.05, 3.63) is 28.2 Å². The van der Waals surface area contributed by atoms with Gasteiger partial charge in [-0.25, -0.2) is 0 Å². The van der Waals surface area contributed by atoms with Gasteiger partial charge < -0.3 is 10.0 Å². The number of hydrogen-bond acceptors (Lipinski definition) is 3. The fourth-order valence-corrected chi connectivity index (χ4v) is 4.16. The van der Waals surface area contributed by atoms with Crippen LogP contribution in [0.4, 0.5) is 5.69 Å². The van der Waals surface area contributed by atoms with Crippen LogP contribution in [0.1, 0.15) is 44.8 Å². The molecule has 0 radical (unpaired) electrons. The van der Waals surface area contributed by atoms with E-state index in [1.807, 2.05) is 19.1 Å². The molecule has 0 bridgehead atoms. The molecule has 1 aromatic carbocycles. The molecule has 4 heteroatoms. The molecule has 0 aliphatic carbocycles. The summed E-state index contributed by atoms with van der Waals surface area (Å²) in [6, 6.07) is 7.40. The predicted molar refractivity (Wildman–Crippen MR) is 90.8 cm³/mol. The molecule has 3 rings (SSSR count). The number of aliphatic hydroxyl groups is 1. The zero-order valence-corrected chi connectivity index (χ0v) is 14.5. The number of nitrogens with zero attached hydrogens (tertiary/aromatic N) is 2. The smallest absolute Gasteiger partial charge is 0.0782 e.